The van der Waals surface area contributed by atoms with Gasteiger partial charge in [0.25, 0.3) is 0 Å². The number of hydrogen-bond acceptors (Lipinski definition) is 3. The zero-order chi connectivity index (χ0) is 23.6. The van der Waals surface area contributed by atoms with Crippen LogP contribution in [-0.4, -0.2) is 46.8 Å². The third kappa shape index (κ3) is 7.38. The van der Waals surface area contributed by atoms with Crippen molar-refractivity contribution in [3.63, 3.8) is 0 Å². The maximum absolute atomic E-state index is 11.5. The zero-order valence-corrected chi connectivity index (χ0v) is 20.7. The Balaban J connectivity index is 1.77. The fourth-order valence-electron chi connectivity index (χ4n) is 4.80. The van der Waals surface area contributed by atoms with Crippen LogP contribution < -0.4 is 0 Å². The van der Waals surface area contributed by atoms with Crippen molar-refractivity contribution >= 4 is 23.2 Å². The van der Waals surface area contributed by atoms with Crippen molar-refractivity contribution in [2.75, 3.05) is 13.7 Å². The standard InChI is InChI=1S/C28H37NO3S/c1-3-32-26(28(30)31)20-22-14-17-23(18-15-22)25(19-16-21-10-6-4-7-11-21)27(33)29(2)24-12-8-5-9-13-24/h4,6-7,10-11,14-15,17-18,24-26H,3,5,8-9,12-13,16,19-20H2,1-2H3,(H,30,31)/t25-,26+/m1/s1. The molecule has 1 saturated carbocycles. The molecule has 33 heavy (non-hydrogen) atoms. The summed E-state index contributed by atoms with van der Waals surface area (Å²) in [7, 11) is 2.17. The molecule has 0 aliphatic heterocycles. The summed E-state index contributed by atoms with van der Waals surface area (Å²) in [4.78, 5) is 14.8. The molecule has 1 fully saturated rings. The van der Waals surface area contributed by atoms with Gasteiger partial charge in [0, 0.05) is 32.0 Å². The van der Waals surface area contributed by atoms with Gasteiger partial charge in [0.15, 0.2) is 6.10 Å². The predicted molar refractivity (Wildman–Crippen MR) is 138 cm³/mol. The normalized spacial score (nSPS) is 16.2. The molecule has 0 heterocycles. The SMILES string of the molecule is CCO[C@@H](Cc1ccc([C@@H](CCc2ccccc2)C(=S)N(C)C2CCCCC2)cc1)C(=O)O. The Bertz CT molecular complexity index is 878. The van der Waals surface area contributed by atoms with Crippen LogP contribution in [0.1, 0.15) is 68.1 Å². The van der Waals surface area contributed by atoms with Gasteiger partial charge in [0.05, 0.1) is 4.99 Å². The molecule has 5 heteroatoms. The van der Waals surface area contributed by atoms with E-state index in [1.807, 2.05) is 25.1 Å². The summed E-state index contributed by atoms with van der Waals surface area (Å²) in [6.07, 6.45) is 7.81. The molecule has 4 nitrogen and oxygen atoms in total. The van der Waals surface area contributed by atoms with Crippen LogP contribution in [0.25, 0.3) is 0 Å². The highest BCUT2D eigenvalue weighted by Crippen LogP contribution is 2.30. The average molecular weight is 468 g/mol. The van der Waals surface area contributed by atoms with E-state index in [4.69, 9.17) is 17.0 Å². The van der Waals surface area contributed by atoms with Crippen molar-refractivity contribution in [2.45, 2.75) is 76.4 Å². The van der Waals surface area contributed by atoms with E-state index in [1.165, 1.54) is 43.2 Å². The topological polar surface area (TPSA) is 49.8 Å². The van der Waals surface area contributed by atoms with Crippen LogP contribution in [0.3, 0.4) is 0 Å². The number of rotatable bonds is 11. The summed E-state index contributed by atoms with van der Waals surface area (Å²) >= 11 is 6.08. The van der Waals surface area contributed by atoms with Crippen LogP contribution in [-0.2, 0) is 22.4 Å². The average Bonchev–Trinajstić information content (AvgIpc) is 2.85. The molecule has 2 atom stereocenters. The van der Waals surface area contributed by atoms with Crippen LogP contribution in [0.2, 0.25) is 0 Å². The summed E-state index contributed by atoms with van der Waals surface area (Å²) in [5, 5.41) is 9.40. The van der Waals surface area contributed by atoms with Gasteiger partial charge in [0.2, 0.25) is 0 Å². The lowest BCUT2D eigenvalue weighted by Crippen LogP contribution is -2.40. The second-order valence-electron chi connectivity index (χ2n) is 9.05. The number of carboxylic acid groups (broad SMARTS) is 1. The molecule has 0 unspecified atom stereocenters. The van der Waals surface area contributed by atoms with Crippen molar-refractivity contribution in [3.05, 3.63) is 71.3 Å². The molecule has 1 aliphatic carbocycles. The number of aliphatic carboxylic acids is 1. The zero-order valence-electron chi connectivity index (χ0n) is 19.9. The van der Waals surface area contributed by atoms with Crippen molar-refractivity contribution in [2.24, 2.45) is 0 Å². The van der Waals surface area contributed by atoms with E-state index in [0.29, 0.717) is 19.1 Å². The monoisotopic (exact) mass is 467 g/mol. The van der Waals surface area contributed by atoms with Crippen LogP contribution in [0, 0.1) is 0 Å². The molecule has 2 aromatic carbocycles. The fraction of sp³-hybridized carbons (Fsp3) is 0.500. The Hall–Kier alpha value is -2.24. The molecule has 0 spiro atoms. The summed E-state index contributed by atoms with van der Waals surface area (Å²) in [6, 6.07) is 19.4. The van der Waals surface area contributed by atoms with Crippen LogP contribution in [0.5, 0.6) is 0 Å². The van der Waals surface area contributed by atoms with Crippen LogP contribution in [0.15, 0.2) is 54.6 Å². The molecule has 1 N–H and O–H groups in total. The third-order valence-electron chi connectivity index (χ3n) is 6.78. The maximum Gasteiger partial charge on any atom is 0.333 e. The highest BCUT2D eigenvalue weighted by Gasteiger charge is 2.26. The minimum Gasteiger partial charge on any atom is -0.479 e. The Morgan fingerprint density at radius 1 is 1.06 bits per heavy atom. The van der Waals surface area contributed by atoms with Gasteiger partial charge in [-0.2, -0.15) is 0 Å². The number of aryl methyl sites for hydroxylation is 1. The minimum absolute atomic E-state index is 0.156. The smallest absolute Gasteiger partial charge is 0.333 e. The Labute approximate surface area is 204 Å². The number of likely N-dealkylation sites (N-methyl/N-ethyl adjacent to an activating group) is 1. The summed E-state index contributed by atoms with van der Waals surface area (Å²) in [5.41, 5.74) is 3.49. The summed E-state index contributed by atoms with van der Waals surface area (Å²) < 4.78 is 5.38. The molecule has 3 rings (SSSR count). The maximum atomic E-state index is 11.5. The highest BCUT2D eigenvalue weighted by molar-refractivity contribution is 7.80. The summed E-state index contributed by atoms with van der Waals surface area (Å²) in [5.74, 6) is -0.764. The second kappa shape index (κ2) is 12.9. The van der Waals surface area contributed by atoms with E-state index >= 15 is 0 Å². The first-order chi connectivity index (χ1) is 16.0. The number of nitrogens with zero attached hydrogens (tertiary/aromatic N) is 1. The van der Waals surface area contributed by atoms with E-state index in [-0.39, 0.29) is 5.92 Å². The lowest BCUT2D eigenvalue weighted by molar-refractivity contribution is -0.149. The number of ether oxygens (including phenoxy) is 1. The van der Waals surface area contributed by atoms with Crippen molar-refractivity contribution in [1.82, 2.24) is 4.90 Å². The highest BCUT2D eigenvalue weighted by atomic mass is 32.1. The molecule has 0 bridgehead atoms. The van der Waals surface area contributed by atoms with E-state index in [9.17, 15) is 9.90 Å². The quantitative estimate of drug-likeness (QED) is 0.409. The third-order valence-corrected chi connectivity index (χ3v) is 7.35. The summed E-state index contributed by atoms with van der Waals surface area (Å²) in [6.45, 7) is 2.21. The first kappa shape index (κ1) is 25.4. The van der Waals surface area contributed by atoms with Crippen LogP contribution in [0.4, 0.5) is 0 Å². The molecular formula is C28H37NO3S. The molecule has 2 aromatic rings. The largest absolute Gasteiger partial charge is 0.479 e. The van der Waals surface area contributed by atoms with Gasteiger partial charge >= 0.3 is 5.97 Å². The van der Waals surface area contributed by atoms with E-state index in [1.54, 1.807) is 0 Å². The van der Waals surface area contributed by atoms with Crippen molar-refractivity contribution in [1.29, 1.82) is 0 Å². The number of carboxylic acids is 1. The lowest BCUT2D eigenvalue weighted by Gasteiger charge is -2.36. The lowest BCUT2D eigenvalue weighted by atomic mass is 9.88. The molecular weight excluding hydrogens is 430 g/mol. The molecule has 0 saturated heterocycles. The van der Waals surface area contributed by atoms with Gasteiger partial charge < -0.3 is 14.7 Å². The molecule has 178 valence electrons. The Kier molecular flexibility index (Phi) is 9.89. The first-order valence-electron chi connectivity index (χ1n) is 12.2. The van der Waals surface area contributed by atoms with Gasteiger partial charge in [-0.15, -0.1) is 0 Å². The molecule has 0 radical (unpaired) electrons. The fourth-order valence-corrected chi connectivity index (χ4v) is 5.20. The van der Waals surface area contributed by atoms with Crippen molar-refractivity contribution in [3.8, 4) is 0 Å². The molecule has 0 amide bonds. The molecule has 0 aromatic heterocycles. The molecule has 1 aliphatic rings. The van der Waals surface area contributed by atoms with Crippen LogP contribution >= 0.6 is 12.2 Å². The number of benzene rings is 2. The second-order valence-corrected chi connectivity index (χ2v) is 9.46. The number of hydrogen-bond donors (Lipinski definition) is 1. The van der Waals surface area contributed by atoms with Gasteiger partial charge in [-0.1, -0.05) is 86.1 Å². The van der Waals surface area contributed by atoms with E-state index in [2.05, 4.69) is 48.3 Å². The van der Waals surface area contributed by atoms with Crippen molar-refractivity contribution < 1.29 is 14.6 Å². The predicted octanol–water partition coefficient (Wildman–Crippen LogP) is 6.03. The first-order valence-corrected chi connectivity index (χ1v) is 12.6. The van der Waals surface area contributed by atoms with Gasteiger partial charge in [-0.3, -0.25) is 0 Å². The van der Waals surface area contributed by atoms with Gasteiger partial charge in [-0.05, 0) is 49.3 Å². The Morgan fingerprint density at radius 3 is 2.33 bits per heavy atom. The number of carbonyl (C=O) groups is 1. The van der Waals surface area contributed by atoms with E-state index < -0.39 is 12.1 Å². The van der Waals surface area contributed by atoms with Gasteiger partial charge in [-0.25, -0.2) is 4.79 Å². The van der Waals surface area contributed by atoms with E-state index in [0.717, 1.165) is 23.4 Å². The number of thiocarbonyl (C=S) groups is 1. The Morgan fingerprint density at radius 2 is 1.73 bits per heavy atom. The van der Waals surface area contributed by atoms with Gasteiger partial charge in [0.1, 0.15) is 0 Å². The minimum atomic E-state index is -0.919.